The van der Waals surface area contributed by atoms with Gasteiger partial charge in [-0.3, -0.25) is 0 Å². The fourth-order valence-electron chi connectivity index (χ4n) is 5.74. The van der Waals surface area contributed by atoms with Crippen LogP contribution in [0.15, 0.2) is 89.6 Å². The summed E-state index contributed by atoms with van der Waals surface area (Å²) in [6, 6.07) is 31.4. The second kappa shape index (κ2) is 13.7. The Morgan fingerprint density at radius 2 is 1.59 bits per heavy atom. The zero-order valence-corrected chi connectivity index (χ0v) is 30.5. The number of nitrogens with zero attached hydrogens (tertiary/aromatic N) is 2. The number of hydrogen-bond donors (Lipinski definition) is 0. The summed E-state index contributed by atoms with van der Waals surface area (Å²) < 4.78 is 6.40. The molecule has 0 amide bonds. The van der Waals surface area contributed by atoms with Crippen LogP contribution in [0.3, 0.4) is 0 Å². The fourth-order valence-corrected chi connectivity index (χ4v) is 7.25. The SMILES string of the molecule is CCC(C)(CC)c1cnc(-c2[c-]cc([Si](C)(C)C)c3c2oc2ccccc23)cc1C.Cc1ccnc(-c2[c-]cccc2)c1.[Ir]. The minimum atomic E-state index is -1.57. The van der Waals surface area contributed by atoms with Crippen LogP contribution in [0, 0.1) is 26.0 Å². The number of hydrogen-bond acceptors (Lipinski definition) is 3. The van der Waals surface area contributed by atoms with Crippen molar-refractivity contribution in [2.45, 2.75) is 72.5 Å². The predicted molar refractivity (Wildman–Crippen MR) is 185 cm³/mol. The van der Waals surface area contributed by atoms with Crippen LogP contribution in [0.4, 0.5) is 0 Å². The second-order valence-electron chi connectivity index (χ2n) is 12.8. The van der Waals surface area contributed by atoms with Crippen molar-refractivity contribution in [1.29, 1.82) is 0 Å². The first-order valence-electron chi connectivity index (χ1n) is 15.3. The van der Waals surface area contributed by atoms with Crippen molar-refractivity contribution in [2.24, 2.45) is 0 Å². The monoisotopic (exact) mass is 775 g/mol. The van der Waals surface area contributed by atoms with Crippen LogP contribution in [-0.2, 0) is 25.5 Å². The Labute approximate surface area is 277 Å². The van der Waals surface area contributed by atoms with E-state index in [9.17, 15) is 0 Å². The molecule has 229 valence electrons. The van der Waals surface area contributed by atoms with E-state index < -0.39 is 8.07 Å². The number of fused-ring (bicyclic) bond motifs is 3. The maximum Gasteiger partial charge on any atom is 0.120 e. The van der Waals surface area contributed by atoms with Crippen LogP contribution in [0.1, 0.15) is 50.3 Å². The number of aromatic nitrogens is 2. The molecule has 0 N–H and O–H groups in total. The zero-order valence-electron chi connectivity index (χ0n) is 27.1. The zero-order chi connectivity index (χ0) is 30.8. The van der Waals surface area contributed by atoms with Gasteiger partial charge < -0.3 is 14.4 Å². The average Bonchev–Trinajstić information content (AvgIpc) is 3.40. The molecule has 6 rings (SSSR count). The van der Waals surface area contributed by atoms with E-state index in [0.29, 0.717) is 0 Å². The van der Waals surface area contributed by atoms with Crippen molar-refractivity contribution >= 4 is 35.2 Å². The molecule has 3 nitrogen and oxygen atoms in total. The Kier molecular flexibility index (Phi) is 10.5. The van der Waals surface area contributed by atoms with Crippen LogP contribution >= 0.6 is 0 Å². The molecule has 5 heteroatoms. The van der Waals surface area contributed by atoms with Gasteiger partial charge in [0.05, 0.1) is 5.58 Å². The third-order valence-electron chi connectivity index (χ3n) is 8.74. The van der Waals surface area contributed by atoms with Gasteiger partial charge in [-0.1, -0.05) is 92.8 Å². The number of aryl methyl sites for hydroxylation is 2. The Hall–Kier alpha value is -3.37. The quantitative estimate of drug-likeness (QED) is 0.125. The molecule has 0 aliphatic rings. The molecule has 6 aromatic rings. The third kappa shape index (κ3) is 6.81. The van der Waals surface area contributed by atoms with Crippen LogP contribution in [0.5, 0.6) is 0 Å². The van der Waals surface area contributed by atoms with Gasteiger partial charge >= 0.3 is 0 Å². The van der Waals surface area contributed by atoms with E-state index >= 15 is 0 Å². The summed E-state index contributed by atoms with van der Waals surface area (Å²) in [5.41, 5.74) is 9.82. The van der Waals surface area contributed by atoms with Gasteiger partial charge in [0, 0.05) is 46.0 Å². The fraction of sp³-hybridized carbons (Fsp3) is 0.282. The van der Waals surface area contributed by atoms with E-state index in [4.69, 9.17) is 9.40 Å². The van der Waals surface area contributed by atoms with E-state index in [1.165, 1.54) is 32.6 Å². The Balaban J connectivity index is 0.000000264. The van der Waals surface area contributed by atoms with E-state index in [0.717, 1.165) is 46.5 Å². The van der Waals surface area contributed by atoms with E-state index in [1.54, 1.807) is 0 Å². The Morgan fingerprint density at radius 1 is 0.864 bits per heavy atom. The van der Waals surface area contributed by atoms with Gasteiger partial charge in [0.1, 0.15) is 5.58 Å². The Bertz CT molecular complexity index is 1870. The van der Waals surface area contributed by atoms with Gasteiger partial charge in [-0.2, -0.15) is 0 Å². The molecular weight excluding hydrogens is 733 g/mol. The van der Waals surface area contributed by atoms with Crippen molar-refractivity contribution in [2.75, 3.05) is 0 Å². The van der Waals surface area contributed by atoms with Gasteiger partial charge in [0.15, 0.2) is 0 Å². The van der Waals surface area contributed by atoms with Gasteiger partial charge in [-0.15, -0.1) is 53.2 Å². The minimum absolute atomic E-state index is 0. The van der Waals surface area contributed by atoms with E-state index in [2.05, 4.69) is 114 Å². The van der Waals surface area contributed by atoms with Crippen LogP contribution < -0.4 is 5.19 Å². The van der Waals surface area contributed by atoms with Crippen LogP contribution in [0.25, 0.3) is 44.5 Å². The number of para-hydroxylation sites is 1. The van der Waals surface area contributed by atoms with Crippen LogP contribution in [0.2, 0.25) is 19.6 Å². The van der Waals surface area contributed by atoms with Gasteiger partial charge in [0.2, 0.25) is 0 Å². The maximum atomic E-state index is 6.40. The average molecular weight is 775 g/mol. The molecule has 44 heavy (non-hydrogen) atoms. The normalized spacial score (nSPS) is 11.6. The topological polar surface area (TPSA) is 38.9 Å². The largest absolute Gasteiger partial charge is 0.501 e. The number of rotatable bonds is 6. The van der Waals surface area contributed by atoms with Crippen LogP contribution in [-0.4, -0.2) is 18.0 Å². The summed E-state index contributed by atoms with van der Waals surface area (Å²) in [6.07, 6.45) is 6.12. The molecule has 3 aromatic carbocycles. The first-order chi connectivity index (χ1) is 20.6. The molecule has 0 atom stereocenters. The Morgan fingerprint density at radius 3 is 2.23 bits per heavy atom. The number of pyridine rings is 2. The van der Waals surface area contributed by atoms with Crippen molar-refractivity contribution in [3.05, 3.63) is 114 Å². The molecule has 0 fully saturated rings. The van der Waals surface area contributed by atoms with Gasteiger partial charge in [0.25, 0.3) is 0 Å². The summed E-state index contributed by atoms with van der Waals surface area (Å²) in [5, 5.41) is 3.83. The molecule has 0 spiro atoms. The van der Waals surface area contributed by atoms with E-state index in [1.807, 2.05) is 42.6 Å². The molecule has 3 heterocycles. The molecule has 1 radical (unpaired) electrons. The molecule has 0 saturated carbocycles. The van der Waals surface area contributed by atoms with Crippen molar-refractivity contribution in [3.63, 3.8) is 0 Å². The second-order valence-corrected chi connectivity index (χ2v) is 17.8. The smallest absolute Gasteiger partial charge is 0.120 e. The molecular formula is C39H42IrN2OSi-2. The van der Waals surface area contributed by atoms with E-state index in [-0.39, 0.29) is 25.5 Å². The van der Waals surface area contributed by atoms with Crippen molar-refractivity contribution < 1.29 is 24.5 Å². The van der Waals surface area contributed by atoms with Gasteiger partial charge in [-0.25, -0.2) is 0 Å². The summed E-state index contributed by atoms with van der Waals surface area (Å²) in [5.74, 6) is 0. The summed E-state index contributed by atoms with van der Waals surface area (Å²) in [7, 11) is -1.57. The summed E-state index contributed by atoms with van der Waals surface area (Å²) >= 11 is 0. The standard InChI is InChI=1S/C27H32NOSi.C12H10N.Ir/c1-8-27(4,9-2)21-17-28-22(16-18(21)3)19-14-15-24(30(5,6)7)25-20-12-10-11-13-23(20)29-26(19)25;1-10-7-8-13-12(9-10)11-5-3-2-4-6-11;/h10-13,15-17H,8-9H2,1-7H3;2-5,7-9H,1H3;/q2*-1;. The summed E-state index contributed by atoms with van der Waals surface area (Å²) in [4.78, 5) is 9.18. The van der Waals surface area contributed by atoms with Crippen molar-refractivity contribution in [1.82, 2.24) is 9.97 Å². The maximum absolute atomic E-state index is 6.40. The molecule has 0 aliphatic carbocycles. The summed E-state index contributed by atoms with van der Waals surface area (Å²) in [6.45, 7) is 18.3. The number of benzene rings is 3. The first-order valence-corrected chi connectivity index (χ1v) is 18.8. The molecule has 0 aliphatic heterocycles. The van der Waals surface area contributed by atoms with Crippen molar-refractivity contribution in [3.8, 4) is 22.5 Å². The number of furan rings is 1. The van der Waals surface area contributed by atoms with Gasteiger partial charge in [-0.05, 0) is 61.2 Å². The molecule has 3 aromatic heterocycles. The third-order valence-corrected chi connectivity index (χ3v) is 10.7. The predicted octanol–water partition coefficient (Wildman–Crippen LogP) is 10.2. The minimum Gasteiger partial charge on any atom is -0.501 e. The molecule has 0 unspecified atom stereocenters. The first kappa shape index (κ1) is 33.5. The molecule has 0 saturated heterocycles. The molecule has 0 bridgehead atoms.